The molecule has 3 heterocycles. The fraction of sp³-hybridized carbons (Fsp3) is 0.739. The lowest BCUT2D eigenvalue weighted by atomic mass is 9.99. The van der Waals surface area contributed by atoms with E-state index in [2.05, 4.69) is 11.9 Å². The quantitative estimate of drug-likeness (QED) is 0.827. The van der Waals surface area contributed by atoms with Crippen LogP contribution in [0.2, 0.25) is 0 Å². The molecule has 30 heavy (non-hydrogen) atoms. The molecule has 1 saturated heterocycles. The van der Waals surface area contributed by atoms with E-state index in [1.54, 1.807) is 0 Å². The van der Waals surface area contributed by atoms with Crippen LogP contribution >= 0.6 is 0 Å². The Bertz CT molecular complexity index is 904. The van der Waals surface area contributed by atoms with E-state index in [1.807, 2.05) is 9.80 Å². The summed E-state index contributed by atoms with van der Waals surface area (Å²) in [6.07, 6.45) is 8.69. The minimum atomic E-state index is -0.142. The molecule has 3 fully saturated rings. The number of likely N-dealkylation sites (tertiary alicyclic amines) is 1. The van der Waals surface area contributed by atoms with Crippen LogP contribution in [0.4, 0.5) is 0 Å². The summed E-state index contributed by atoms with van der Waals surface area (Å²) in [6, 6.07) is -0.129. The highest BCUT2D eigenvalue weighted by Gasteiger charge is 2.44. The molecule has 2 aliphatic carbocycles. The van der Waals surface area contributed by atoms with E-state index in [1.165, 1.54) is 0 Å². The summed E-state index contributed by atoms with van der Waals surface area (Å²) < 4.78 is 0. The molecule has 2 saturated carbocycles. The Labute approximate surface area is 177 Å². The highest BCUT2D eigenvalue weighted by atomic mass is 16.2. The normalized spacial score (nSPS) is 29.0. The van der Waals surface area contributed by atoms with Crippen LogP contribution in [0, 0.1) is 17.8 Å². The van der Waals surface area contributed by atoms with Gasteiger partial charge in [-0.05, 0) is 44.4 Å². The first kappa shape index (κ1) is 19.8. The number of H-pyrrole nitrogens is 1. The number of aromatic nitrogens is 2. The van der Waals surface area contributed by atoms with Gasteiger partial charge in [0.1, 0.15) is 5.82 Å². The molecule has 7 heteroatoms. The zero-order valence-corrected chi connectivity index (χ0v) is 17.9. The zero-order valence-electron chi connectivity index (χ0n) is 17.9. The molecule has 2 aliphatic heterocycles. The molecule has 3 atom stereocenters. The highest BCUT2D eigenvalue weighted by molar-refractivity contribution is 5.82. The van der Waals surface area contributed by atoms with Crippen molar-refractivity contribution in [2.75, 3.05) is 13.1 Å². The first-order chi connectivity index (χ1) is 14.5. The van der Waals surface area contributed by atoms with E-state index in [0.717, 1.165) is 63.6 Å². The number of hydrogen-bond acceptors (Lipinski definition) is 4. The number of fused-ring (bicyclic) bond motifs is 1. The molecule has 7 nitrogen and oxygen atoms in total. The minimum absolute atomic E-state index is 0.129. The van der Waals surface area contributed by atoms with Crippen LogP contribution in [-0.4, -0.2) is 44.7 Å². The zero-order chi connectivity index (χ0) is 20.8. The van der Waals surface area contributed by atoms with Crippen LogP contribution in [0.15, 0.2) is 4.79 Å². The van der Waals surface area contributed by atoms with Gasteiger partial charge < -0.3 is 14.8 Å². The molecular formula is C23H32N4O3. The molecule has 4 aliphatic rings. The Morgan fingerprint density at radius 2 is 1.77 bits per heavy atom. The SMILES string of the molecule is C[C@H]1C[C@@H]1C(=O)N1CCCC[C@@H]1c1nc2c(c(=O)[nH]1)CN(C(=O)C1CCCC1)CC2. The third kappa shape index (κ3) is 3.56. The first-order valence-electron chi connectivity index (χ1n) is 11.7. The predicted octanol–water partition coefficient (Wildman–Crippen LogP) is 2.55. The Morgan fingerprint density at radius 3 is 2.50 bits per heavy atom. The van der Waals surface area contributed by atoms with Crippen molar-refractivity contribution < 1.29 is 9.59 Å². The van der Waals surface area contributed by atoms with Crippen molar-refractivity contribution >= 4 is 11.8 Å². The van der Waals surface area contributed by atoms with Gasteiger partial charge in [-0.3, -0.25) is 14.4 Å². The van der Waals surface area contributed by atoms with Crippen LogP contribution in [0.3, 0.4) is 0 Å². The third-order valence-corrected chi connectivity index (χ3v) is 7.63. The fourth-order valence-corrected chi connectivity index (χ4v) is 5.58. The number of rotatable bonds is 3. The summed E-state index contributed by atoms with van der Waals surface area (Å²) in [6.45, 7) is 3.86. The van der Waals surface area contributed by atoms with Crippen LogP contribution in [0.5, 0.6) is 0 Å². The number of hydrogen-bond donors (Lipinski definition) is 1. The lowest BCUT2D eigenvalue weighted by molar-refractivity contribution is -0.137. The Kier molecular flexibility index (Phi) is 5.15. The van der Waals surface area contributed by atoms with E-state index < -0.39 is 0 Å². The van der Waals surface area contributed by atoms with Crippen molar-refractivity contribution in [3.05, 3.63) is 27.4 Å². The maximum absolute atomic E-state index is 13.0. The van der Waals surface area contributed by atoms with E-state index in [4.69, 9.17) is 4.98 Å². The van der Waals surface area contributed by atoms with Gasteiger partial charge in [-0.1, -0.05) is 19.8 Å². The van der Waals surface area contributed by atoms with Crippen LogP contribution in [0.1, 0.15) is 81.4 Å². The summed E-state index contributed by atoms with van der Waals surface area (Å²) in [5.41, 5.74) is 1.29. The van der Waals surface area contributed by atoms with Crippen molar-refractivity contribution in [1.29, 1.82) is 0 Å². The summed E-state index contributed by atoms with van der Waals surface area (Å²) in [5.74, 6) is 1.80. The molecule has 0 aromatic carbocycles. The van der Waals surface area contributed by atoms with Gasteiger partial charge in [-0.2, -0.15) is 0 Å². The average Bonchev–Trinajstić information content (AvgIpc) is 3.25. The smallest absolute Gasteiger partial charge is 0.256 e. The van der Waals surface area contributed by atoms with Gasteiger partial charge in [-0.15, -0.1) is 0 Å². The number of carbonyl (C=O) groups excluding carboxylic acids is 2. The fourth-order valence-electron chi connectivity index (χ4n) is 5.58. The maximum Gasteiger partial charge on any atom is 0.256 e. The van der Waals surface area contributed by atoms with E-state index in [-0.39, 0.29) is 35.3 Å². The number of piperidine rings is 1. The summed E-state index contributed by atoms with van der Waals surface area (Å²) >= 11 is 0. The standard InChI is InChI=1S/C23H32N4O3/c1-14-12-16(14)23(30)27-10-5-4-8-19(27)20-24-18-9-11-26(13-17(18)21(28)25-20)22(29)15-6-2-3-7-15/h14-16,19H,2-13H2,1H3,(H,24,25,28)/t14-,16-,19+/m0/s1. The van der Waals surface area contributed by atoms with Crippen molar-refractivity contribution in [2.24, 2.45) is 17.8 Å². The second kappa shape index (κ2) is 7.82. The Hall–Kier alpha value is -2.18. The molecule has 1 N–H and O–H groups in total. The second-order valence-corrected chi connectivity index (χ2v) is 9.73. The predicted molar refractivity (Wildman–Crippen MR) is 112 cm³/mol. The van der Waals surface area contributed by atoms with Crippen molar-refractivity contribution in [3.8, 4) is 0 Å². The number of nitrogens with zero attached hydrogens (tertiary/aromatic N) is 3. The van der Waals surface area contributed by atoms with Gasteiger partial charge in [0.2, 0.25) is 11.8 Å². The molecule has 1 aromatic rings. The first-order valence-corrected chi connectivity index (χ1v) is 11.7. The number of carbonyl (C=O) groups is 2. The van der Waals surface area contributed by atoms with E-state index in [0.29, 0.717) is 36.8 Å². The Morgan fingerprint density at radius 1 is 1.03 bits per heavy atom. The van der Waals surface area contributed by atoms with Crippen LogP contribution in [-0.2, 0) is 22.6 Å². The molecule has 0 spiro atoms. The molecular weight excluding hydrogens is 380 g/mol. The molecule has 0 unspecified atom stereocenters. The maximum atomic E-state index is 13.0. The van der Waals surface area contributed by atoms with Crippen molar-refractivity contribution in [3.63, 3.8) is 0 Å². The summed E-state index contributed by atoms with van der Waals surface area (Å²) in [7, 11) is 0. The minimum Gasteiger partial charge on any atom is -0.337 e. The van der Waals surface area contributed by atoms with Gasteiger partial charge in [-0.25, -0.2) is 4.98 Å². The van der Waals surface area contributed by atoms with Gasteiger partial charge in [0.05, 0.1) is 23.8 Å². The largest absolute Gasteiger partial charge is 0.337 e. The molecule has 162 valence electrons. The van der Waals surface area contributed by atoms with Gasteiger partial charge in [0.15, 0.2) is 0 Å². The molecule has 1 aromatic heterocycles. The van der Waals surface area contributed by atoms with Gasteiger partial charge >= 0.3 is 0 Å². The van der Waals surface area contributed by atoms with Crippen molar-refractivity contribution in [1.82, 2.24) is 19.8 Å². The lowest BCUT2D eigenvalue weighted by Crippen LogP contribution is -2.44. The lowest BCUT2D eigenvalue weighted by Gasteiger charge is -2.36. The number of aromatic amines is 1. The van der Waals surface area contributed by atoms with Crippen LogP contribution < -0.4 is 5.56 Å². The van der Waals surface area contributed by atoms with E-state index >= 15 is 0 Å². The number of nitrogens with one attached hydrogen (secondary N) is 1. The third-order valence-electron chi connectivity index (χ3n) is 7.63. The summed E-state index contributed by atoms with van der Waals surface area (Å²) in [4.78, 5) is 50.3. The van der Waals surface area contributed by atoms with Crippen molar-refractivity contribution in [2.45, 2.75) is 77.3 Å². The van der Waals surface area contributed by atoms with Gasteiger partial charge in [0, 0.05) is 31.3 Å². The average molecular weight is 413 g/mol. The molecule has 5 rings (SSSR count). The number of amides is 2. The molecule has 0 bridgehead atoms. The van der Waals surface area contributed by atoms with Crippen LogP contribution in [0.25, 0.3) is 0 Å². The monoisotopic (exact) mass is 412 g/mol. The second-order valence-electron chi connectivity index (χ2n) is 9.73. The molecule has 2 amide bonds. The van der Waals surface area contributed by atoms with E-state index in [9.17, 15) is 14.4 Å². The molecule has 0 radical (unpaired) electrons. The topological polar surface area (TPSA) is 86.4 Å². The van der Waals surface area contributed by atoms with Gasteiger partial charge in [0.25, 0.3) is 5.56 Å². The highest BCUT2D eigenvalue weighted by Crippen LogP contribution is 2.42. The summed E-state index contributed by atoms with van der Waals surface area (Å²) in [5, 5.41) is 0. The Balaban J connectivity index is 1.37.